The molecule has 2 aliphatic rings. The molecule has 9 nitrogen and oxygen atoms in total. The van der Waals surface area contributed by atoms with E-state index in [4.69, 9.17) is 17.3 Å². The first-order valence-electron chi connectivity index (χ1n) is 12.1. The molecule has 198 valence electrons. The third-order valence-electron chi connectivity index (χ3n) is 6.63. The summed E-state index contributed by atoms with van der Waals surface area (Å²) in [5.41, 5.74) is 1.56. The molecule has 0 atom stereocenters. The van der Waals surface area contributed by atoms with Crippen LogP contribution in [0.1, 0.15) is 30.0 Å². The van der Waals surface area contributed by atoms with Gasteiger partial charge in [-0.15, -0.1) is 0 Å². The van der Waals surface area contributed by atoms with Crippen molar-refractivity contribution in [3.63, 3.8) is 0 Å². The van der Waals surface area contributed by atoms with Crippen LogP contribution in [0.2, 0.25) is 0 Å². The second kappa shape index (κ2) is 11.4. The highest BCUT2D eigenvalue weighted by atomic mass is 32.2. The number of carboxylic acid groups (broad SMARTS) is 1. The van der Waals surface area contributed by atoms with Crippen LogP contribution in [0.4, 0.5) is 15.9 Å². The van der Waals surface area contributed by atoms with E-state index in [0.717, 1.165) is 17.4 Å². The van der Waals surface area contributed by atoms with E-state index in [2.05, 4.69) is 9.80 Å². The van der Waals surface area contributed by atoms with Crippen LogP contribution >= 0.6 is 24.0 Å². The van der Waals surface area contributed by atoms with Crippen LogP contribution in [-0.2, 0) is 16.1 Å². The van der Waals surface area contributed by atoms with Gasteiger partial charge in [-0.3, -0.25) is 23.9 Å². The summed E-state index contributed by atoms with van der Waals surface area (Å²) in [6.07, 6.45) is 1.42. The summed E-state index contributed by atoms with van der Waals surface area (Å²) < 4.78 is 15.2. The van der Waals surface area contributed by atoms with Gasteiger partial charge in [-0.05, 0) is 49.8 Å². The molecule has 0 radical (unpaired) electrons. The number of halogens is 1. The van der Waals surface area contributed by atoms with Gasteiger partial charge in [0.1, 0.15) is 27.6 Å². The number of piperazine rings is 1. The maximum absolute atomic E-state index is 13.4. The highest BCUT2D eigenvalue weighted by Crippen LogP contribution is 2.36. The highest BCUT2D eigenvalue weighted by molar-refractivity contribution is 8.26. The van der Waals surface area contributed by atoms with E-state index in [0.29, 0.717) is 54.6 Å². The fourth-order valence-corrected chi connectivity index (χ4v) is 5.93. The van der Waals surface area contributed by atoms with Crippen molar-refractivity contribution in [3.8, 4) is 6.07 Å². The smallest absolute Gasteiger partial charge is 0.305 e. The molecule has 2 aromatic rings. The van der Waals surface area contributed by atoms with Crippen LogP contribution in [0.25, 0.3) is 6.08 Å². The molecular formula is C26H26FN5O4S2. The summed E-state index contributed by atoms with van der Waals surface area (Å²) in [4.78, 5) is 43.1. The van der Waals surface area contributed by atoms with Crippen molar-refractivity contribution < 1.29 is 19.1 Å². The molecule has 0 aliphatic carbocycles. The molecule has 0 unspecified atom stereocenters. The Labute approximate surface area is 228 Å². The molecule has 1 aromatic heterocycles. The molecule has 0 bridgehead atoms. The maximum atomic E-state index is 13.4. The lowest BCUT2D eigenvalue weighted by molar-refractivity contribution is -0.137. The fourth-order valence-electron chi connectivity index (χ4n) is 4.64. The lowest BCUT2D eigenvalue weighted by Gasteiger charge is -2.39. The first-order valence-corrected chi connectivity index (χ1v) is 13.3. The van der Waals surface area contributed by atoms with Crippen molar-refractivity contribution in [1.82, 2.24) is 9.47 Å². The Morgan fingerprint density at radius 1 is 1.18 bits per heavy atom. The second-order valence-electron chi connectivity index (χ2n) is 8.83. The average molecular weight is 556 g/mol. The minimum absolute atomic E-state index is 0.00755. The molecule has 12 heteroatoms. The SMILES string of the molecule is CCn1c(N2CCN(c3ccc(F)cc3)CC2)c(/C=C2/SC(=S)N(CCC(=O)O)C2=O)c(C)c(C#N)c1=O. The van der Waals surface area contributed by atoms with E-state index in [1.807, 2.05) is 13.0 Å². The summed E-state index contributed by atoms with van der Waals surface area (Å²) >= 11 is 6.40. The first kappa shape index (κ1) is 27.3. The number of carbonyl (C=O) groups excluding carboxylic acids is 1. The molecule has 1 amide bonds. The molecule has 1 aromatic carbocycles. The van der Waals surface area contributed by atoms with Crippen molar-refractivity contribution >= 4 is 57.8 Å². The van der Waals surface area contributed by atoms with E-state index in [9.17, 15) is 24.0 Å². The number of thioether (sulfide) groups is 1. The Kier molecular flexibility index (Phi) is 8.18. The molecule has 3 heterocycles. The van der Waals surface area contributed by atoms with Gasteiger partial charge in [0.25, 0.3) is 11.5 Å². The average Bonchev–Trinajstić information content (AvgIpc) is 3.16. The van der Waals surface area contributed by atoms with Crippen LogP contribution in [0, 0.1) is 24.1 Å². The van der Waals surface area contributed by atoms with E-state index < -0.39 is 17.4 Å². The summed E-state index contributed by atoms with van der Waals surface area (Å²) in [7, 11) is 0. The minimum Gasteiger partial charge on any atom is -0.481 e. The number of nitriles is 1. The third kappa shape index (κ3) is 5.30. The zero-order valence-electron chi connectivity index (χ0n) is 20.9. The van der Waals surface area contributed by atoms with Gasteiger partial charge in [-0.1, -0.05) is 24.0 Å². The molecule has 2 fully saturated rings. The first-order chi connectivity index (χ1) is 18.2. The monoisotopic (exact) mass is 555 g/mol. The van der Waals surface area contributed by atoms with Gasteiger partial charge < -0.3 is 14.9 Å². The fraction of sp³-hybridized carbons (Fsp3) is 0.346. The van der Waals surface area contributed by atoms with E-state index in [-0.39, 0.29) is 28.7 Å². The Balaban J connectivity index is 1.73. The molecular weight excluding hydrogens is 529 g/mol. The predicted octanol–water partition coefficient (Wildman–Crippen LogP) is 3.19. The number of hydrogen-bond acceptors (Lipinski definition) is 8. The van der Waals surface area contributed by atoms with Gasteiger partial charge in [0.2, 0.25) is 0 Å². The van der Waals surface area contributed by atoms with Crippen molar-refractivity contribution in [2.75, 3.05) is 42.5 Å². The number of amides is 1. The topological polar surface area (TPSA) is 110 Å². The maximum Gasteiger partial charge on any atom is 0.305 e. The number of hydrogen-bond donors (Lipinski definition) is 1. The van der Waals surface area contributed by atoms with Crippen LogP contribution in [0.3, 0.4) is 0 Å². The molecule has 0 saturated carbocycles. The second-order valence-corrected chi connectivity index (χ2v) is 10.5. The molecule has 38 heavy (non-hydrogen) atoms. The Morgan fingerprint density at radius 2 is 1.82 bits per heavy atom. The van der Waals surface area contributed by atoms with Gasteiger partial charge in [-0.2, -0.15) is 5.26 Å². The quantitative estimate of drug-likeness (QED) is 0.407. The van der Waals surface area contributed by atoms with Gasteiger partial charge >= 0.3 is 5.97 Å². The Bertz CT molecular complexity index is 1420. The van der Waals surface area contributed by atoms with Crippen LogP contribution < -0.4 is 15.4 Å². The van der Waals surface area contributed by atoms with Crippen molar-refractivity contribution in [2.45, 2.75) is 26.8 Å². The van der Waals surface area contributed by atoms with Crippen LogP contribution in [0.5, 0.6) is 0 Å². The summed E-state index contributed by atoms with van der Waals surface area (Å²) in [5.74, 6) is -1.12. The number of nitrogens with zero attached hydrogens (tertiary/aromatic N) is 5. The number of anilines is 2. The number of carbonyl (C=O) groups is 2. The summed E-state index contributed by atoms with van der Waals surface area (Å²) in [6, 6.07) is 8.32. The number of carboxylic acids is 1. The Hall–Kier alpha value is -3.69. The zero-order valence-corrected chi connectivity index (χ0v) is 22.6. The standard InChI is InChI=1S/C26H26FN5O4S2/c1-3-31-23(30-12-10-29(11-13-30)18-6-4-17(27)5-7-18)19(16(2)20(15-28)24(31)35)14-21-25(36)32(26(37)38-21)9-8-22(33)34/h4-7,14H,3,8-13H2,1-2H3,(H,33,34)/b21-14+. The van der Waals surface area contributed by atoms with Gasteiger partial charge in [-0.25, -0.2) is 4.39 Å². The van der Waals surface area contributed by atoms with E-state index in [1.165, 1.54) is 17.0 Å². The van der Waals surface area contributed by atoms with Gasteiger partial charge in [0.15, 0.2) is 0 Å². The largest absolute Gasteiger partial charge is 0.481 e. The van der Waals surface area contributed by atoms with E-state index in [1.54, 1.807) is 29.7 Å². The van der Waals surface area contributed by atoms with Crippen molar-refractivity contribution in [2.24, 2.45) is 0 Å². The number of aromatic nitrogens is 1. The summed E-state index contributed by atoms with van der Waals surface area (Å²) in [6.45, 7) is 6.17. The van der Waals surface area contributed by atoms with E-state index >= 15 is 0 Å². The van der Waals surface area contributed by atoms with Gasteiger partial charge in [0.05, 0.1) is 11.3 Å². The van der Waals surface area contributed by atoms with Crippen LogP contribution in [0.15, 0.2) is 34.0 Å². The van der Waals surface area contributed by atoms with Crippen LogP contribution in [-0.4, -0.2) is 63.5 Å². The molecule has 2 saturated heterocycles. The lowest BCUT2D eigenvalue weighted by atomic mass is 10.0. The predicted molar refractivity (Wildman–Crippen MR) is 149 cm³/mol. The Morgan fingerprint density at radius 3 is 2.39 bits per heavy atom. The minimum atomic E-state index is -1.03. The zero-order chi connectivity index (χ0) is 27.6. The molecule has 2 aliphatic heterocycles. The number of thiocarbonyl (C=S) groups is 1. The molecule has 1 N–H and O–H groups in total. The van der Waals surface area contributed by atoms with Crippen molar-refractivity contribution in [1.29, 1.82) is 5.26 Å². The van der Waals surface area contributed by atoms with Gasteiger partial charge in [0, 0.05) is 50.5 Å². The number of benzene rings is 1. The number of rotatable bonds is 7. The number of pyridine rings is 1. The highest BCUT2D eigenvalue weighted by Gasteiger charge is 2.33. The normalized spacial score (nSPS) is 16.9. The third-order valence-corrected chi connectivity index (χ3v) is 8.01. The number of aliphatic carboxylic acids is 1. The molecule has 4 rings (SSSR count). The van der Waals surface area contributed by atoms with Crippen molar-refractivity contribution in [3.05, 3.63) is 62.0 Å². The summed E-state index contributed by atoms with van der Waals surface area (Å²) in [5, 5.41) is 18.8. The lowest BCUT2D eigenvalue weighted by Crippen LogP contribution is -2.48. The molecule has 0 spiro atoms.